The SMILES string of the molecule is CC(C)(C)OOC(=O)N1CCCCCC1. The molecule has 0 spiro atoms. The number of likely N-dealkylation sites (tertiary alicyclic amines) is 1. The van der Waals surface area contributed by atoms with Crippen molar-refractivity contribution in [3.63, 3.8) is 0 Å². The van der Waals surface area contributed by atoms with Crippen LogP contribution in [0.4, 0.5) is 4.79 Å². The zero-order chi connectivity index (χ0) is 11.3. The molecule has 4 heteroatoms. The van der Waals surface area contributed by atoms with E-state index in [1.807, 2.05) is 20.8 Å². The first-order valence-corrected chi connectivity index (χ1v) is 5.64. The Morgan fingerprint density at radius 1 is 1.07 bits per heavy atom. The molecule has 0 saturated carbocycles. The minimum absolute atomic E-state index is 0.355. The molecule has 0 bridgehead atoms. The Kier molecular flexibility index (Phi) is 4.39. The van der Waals surface area contributed by atoms with Crippen LogP contribution in [0.3, 0.4) is 0 Å². The highest BCUT2D eigenvalue weighted by Crippen LogP contribution is 2.13. The molecule has 15 heavy (non-hydrogen) atoms. The fourth-order valence-electron chi connectivity index (χ4n) is 1.47. The van der Waals surface area contributed by atoms with Crippen LogP contribution in [0.2, 0.25) is 0 Å². The van der Waals surface area contributed by atoms with Crippen molar-refractivity contribution in [2.75, 3.05) is 13.1 Å². The van der Waals surface area contributed by atoms with Crippen LogP contribution in [0.5, 0.6) is 0 Å². The number of carbonyl (C=O) groups is 1. The Hall–Kier alpha value is -0.770. The largest absolute Gasteiger partial charge is 0.441 e. The first-order valence-electron chi connectivity index (χ1n) is 5.64. The van der Waals surface area contributed by atoms with E-state index in [0.29, 0.717) is 0 Å². The summed E-state index contributed by atoms with van der Waals surface area (Å²) in [5, 5.41) is 0. The molecule has 1 rings (SSSR count). The second-order valence-electron chi connectivity index (χ2n) is 4.95. The van der Waals surface area contributed by atoms with Crippen molar-refractivity contribution in [2.45, 2.75) is 52.1 Å². The third-order valence-corrected chi connectivity index (χ3v) is 2.23. The van der Waals surface area contributed by atoms with Gasteiger partial charge in [-0.05, 0) is 33.6 Å². The Morgan fingerprint density at radius 3 is 2.07 bits per heavy atom. The Morgan fingerprint density at radius 2 is 1.60 bits per heavy atom. The summed E-state index contributed by atoms with van der Waals surface area (Å²) in [6, 6.07) is 0. The van der Waals surface area contributed by atoms with Gasteiger partial charge >= 0.3 is 6.09 Å². The molecule has 1 heterocycles. The predicted octanol–water partition coefficient (Wildman–Crippen LogP) is 2.73. The maximum absolute atomic E-state index is 11.6. The topological polar surface area (TPSA) is 38.8 Å². The van der Waals surface area contributed by atoms with Gasteiger partial charge in [0.1, 0.15) is 5.60 Å². The van der Waals surface area contributed by atoms with E-state index in [1.54, 1.807) is 4.90 Å². The molecule has 88 valence electrons. The van der Waals surface area contributed by atoms with Gasteiger partial charge in [-0.25, -0.2) is 4.79 Å². The lowest BCUT2D eigenvalue weighted by Gasteiger charge is -2.22. The van der Waals surface area contributed by atoms with E-state index in [4.69, 9.17) is 9.78 Å². The van der Waals surface area contributed by atoms with Crippen molar-refractivity contribution in [1.29, 1.82) is 0 Å². The van der Waals surface area contributed by atoms with Gasteiger partial charge in [-0.2, -0.15) is 4.89 Å². The number of rotatable bonds is 1. The van der Waals surface area contributed by atoms with Gasteiger partial charge in [-0.3, -0.25) is 4.89 Å². The molecule has 0 N–H and O–H groups in total. The van der Waals surface area contributed by atoms with Gasteiger partial charge in [0, 0.05) is 13.1 Å². The van der Waals surface area contributed by atoms with Gasteiger partial charge < -0.3 is 4.90 Å². The standard InChI is InChI=1S/C11H21NO3/c1-11(2,3)15-14-10(13)12-8-6-4-5-7-9-12/h4-9H2,1-3H3. The maximum Gasteiger partial charge on any atom is 0.441 e. The average Bonchev–Trinajstić information content (AvgIpc) is 2.41. The molecule has 0 aliphatic carbocycles. The molecule has 0 radical (unpaired) electrons. The zero-order valence-electron chi connectivity index (χ0n) is 9.91. The van der Waals surface area contributed by atoms with Crippen LogP contribution in [-0.2, 0) is 9.78 Å². The molecule has 1 amide bonds. The van der Waals surface area contributed by atoms with E-state index in [0.717, 1.165) is 25.9 Å². The van der Waals surface area contributed by atoms with Crippen molar-refractivity contribution in [3.05, 3.63) is 0 Å². The second kappa shape index (κ2) is 5.35. The quantitative estimate of drug-likeness (QED) is 0.498. The highest BCUT2D eigenvalue weighted by molar-refractivity contribution is 5.66. The lowest BCUT2D eigenvalue weighted by Crippen LogP contribution is -2.34. The predicted molar refractivity (Wildman–Crippen MR) is 57.4 cm³/mol. The molecule has 0 aromatic heterocycles. The van der Waals surface area contributed by atoms with Gasteiger partial charge in [0.25, 0.3) is 0 Å². The van der Waals surface area contributed by atoms with Crippen LogP contribution >= 0.6 is 0 Å². The van der Waals surface area contributed by atoms with Crippen LogP contribution in [0.25, 0.3) is 0 Å². The monoisotopic (exact) mass is 215 g/mol. The van der Waals surface area contributed by atoms with E-state index in [1.165, 1.54) is 12.8 Å². The zero-order valence-corrected chi connectivity index (χ0v) is 9.91. The van der Waals surface area contributed by atoms with Gasteiger partial charge in [0.05, 0.1) is 0 Å². The molecule has 1 aliphatic heterocycles. The van der Waals surface area contributed by atoms with Crippen molar-refractivity contribution < 1.29 is 14.6 Å². The van der Waals surface area contributed by atoms with Crippen molar-refractivity contribution in [2.24, 2.45) is 0 Å². The summed E-state index contributed by atoms with van der Waals surface area (Å²) in [6.45, 7) is 7.12. The lowest BCUT2D eigenvalue weighted by molar-refractivity contribution is -0.305. The second-order valence-corrected chi connectivity index (χ2v) is 4.95. The molecule has 1 saturated heterocycles. The lowest BCUT2D eigenvalue weighted by atomic mass is 10.2. The number of amides is 1. The van der Waals surface area contributed by atoms with E-state index in [2.05, 4.69) is 0 Å². The Balaban J connectivity index is 2.32. The summed E-state index contributed by atoms with van der Waals surface area (Å²) in [6.07, 6.45) is 4.16. The first-order chi connectivity index (χ1) is 6.99. The van der Waals surface area contributed by atoms with E-state index < -0.39 is 5.60 Å². The smallest absolute Gasteiger partial charge is 0.306 e. The third-order valence-electron chi connectivity index (χ3n) is 2.23. The van der Waals surface area contributed by atoms with Crippen LogP contribution in [-0.4, -0.2) is 29.7 Å². The summed E-state index contributed by atoms with van der Waals surface area (Å²) < 4.78 is 0. The number of nitrogens with zero attached hydrogens (tertiary/aromatic N) is 1. The van der Waals surface area contributed by atoms with E-state index >= 15 is 0 Å². The minimum atomic E-state index is -0.443. The van der Waals surface area contributed by atoms with Crippen molar-refractivity contribution in [1.82, 2.24) is 4.90 Å². The molecule has 0 aromatic rings. The van der Waals surface area contributed by atoms with Gasteiger partial charge in [0.2, 0.25) is 0 Å². The normalized spacial score (nSPS) is 18.5. The maximum atomic E-state index is 11.6. The van der Waals surface area contributed by atoms with Crippen LogP contribution in [0.15, 0.2) is 0 Å². The summed E-state index contributed by atoms with van der Waals surface area (Å²) >= 11 is 0. The minimum Gasteiger partial charge on any atom is -0.306 e. The number of hydrogen-bond donors (Lipinski definition) is 0. The van der Waals surface area contributed by atoms with Crippen LogP contribution in [0.1, 0.15) is 46.5 Å². The van der Waals surface area contributed by atoms with Gasteiger partial charge in [-0.1, -0.05) is 12.8 Å². The molecular weight excluding hydrogens is 194 g/mol. The molecule has 1 fully saturated rings. The molecule has 1 aliphatic rings. The van der Waals surface area contributed by atoms with Crippen molar-refractivity contribution >= 4 is 6.09 Å². The fraction of sp³-hybridized carbons (Fsp3) is 0.909. The first kappa shape index (κ1) is 12.3. The van der Waals surface area contributed by atoms with Crippen LogP contribution < -0.4 is 0 Å². The van der Waals surface area contributed by atoms with E-state index in [9.17, 15) is 4.79 Å². The highest BCUT2D eigenvalue weighted by atomic mass is 17.2. The molecular formula is C11H21NO3. The Labute approximate surface area is 91.5 Å². The molecule has 0 atom stereocenters. The molecule has 0 unspecified atom stereocenters. The van der Waals surface area contributed by atoms with Crippen LogP contribution in [0, 0.1) is 0 Å². The third kappa shape index (κ3) is 5.02. The summed E-state index contributed by atoms with van der Waals surface area (Å²) in [4.78, 5) is 23.1. The average molecular weight is 215 g/mol. The molecule has 0 aromatic carbocycles. The molecule has 4 nitrogen and oxygen atoms in total. The fourth-order valence-corrected chi connectivity index (χ4v) is 1.47. The van der Waals surface area contributed by atoms with Crippen molar-refractivity contribution in [3.8, 4) is 0 Å². The number of carbonyl (C=O) groups excluding carboxylic acids is 1. The Bertz CT molecular complexity index is 202. The van der Waals surface area contributed by atoms with E-state index in [-0.39, 0.29) is 6.09 Å². The highest BCUT2D eigenvalue weighted by Gasteiger charge is 2.20. The van der Waals surface area contributed by atoms with Gasteiger partial charge in [-0.15, -0.1) is 0 Å². The summed E-state index contributed by atoms with van der Waals surface area (Å²) in [7, 11) is 0. The summed E-state index contributed by atoms with van der Waals surface area (Å²) in [5.41, 5.74) is -0.443. The van der Waals surface area contributed by atoms with Gasteiger partial charge in [0.15, 0.2) is 0 Å². The summed E-state index contributed by atoms with van der Waals surface area (Å²) in [5.74, 6) is 0. The number of hydrogen-bond acceptors (Lipinski definition) is 3.